The maximum absolute atomic E-state index is 14.1. The number of nitrogens with zero attached hydrogens (tertiary/aromatic N) is 3. The molecule has 0 aliphatic heterocycles. The highest BCUT2D eigenvalue weighted by molar-refractivity contribution is 7.83. The Balaban J connectivity index is 0.00000173. The zero-order valence-corrected chi connectivity index (χ0v) is 26.4. The molecule has 220 valence electrons. The van der Waals surface area contributed by atoms with Gasteiger partial charge >= 0.3 is 0 Å². The van der Waals surface area contributed by atoms with Crippen molar-refractivity contribution in [2.45, 2.75) is 62.9 Å². The summed E-state index contributed by atoms with van der Waals surface area (Å²) >= 11 is 12.6. The van der Waals surface area contributed by atoms with Crippen LogP contribution in [0.3, 0.4) is 0 Å². The van der Waals surface area contributed by atoms with Crippen molar-refractivity contribution >= 4 is 45.8 Å². The number of aryl methyl sites for hydroxylation is 2. The highest BCUT2D eigenvalue weighted by Crippen LogP contribution is 2.51. The van der Waals surface area contributed by atoms with Crippen LogP contribution in [-0.4, -0.2) is 19.7 Å². The Morgan fingerprint density at radius 1 is 1.07 bits per heavy atom. The largest absolute Gasteiger partial charge is 0.337 e. The first-order valence-electron chi connectivity index (χ1n) is 14.5. The van der Waals surface area contributed by atoms with Crippen LogP contribution in [0.2, 0.25) is 10.0 Å². The van der Waals surface area contributed by atoms with Gasteiger partial charge in [-0.25, -0.2) is 13.9 Å². The van der Waals surface area contributed by atoms with Crippen molar-refractivity contribution in [1.82, 2.24) is 14.3 Å². The van der Waals surface area contributed by atoms with Gasteiger partial charge in [0.25, 0.3) is 0 Å². The normalized spacial score (nSPS) is 19.7. The average molecular weight is 624 g/mol. The van der Waals surface area contributed by atoms with Gasteiger partial charge in [0.2, 0.25) is 5.91 Å². The molecule has 9 heteroatoms. The molecule has 6 rings (SSSR count). The smallest absolute Gasteiger partial charge is 0.231 e. The number of nitrogens with one attached hydrogen (secondary N) is 1. The lowest BCUT2D eigenvalue weighted by Gasteiger charge is -2.29. The molecular formula is C33H36Cl2N4O2S. The molecule has 1 saturated carbocycles. The minimum absolute atomic E-state index is 0.0655. The maximum atomic E-state index is 14.1. The van der Waals surface area contributed by atoms with E-state index < -0.39 is 11.0 Å². The van der Waals surface area contributed by atoms with E-state index in [-0.39, 0.29) is 23.8 Å². The van der Waals surface area contributed by atoms with Crippen LogP contribution < -0.4 is 9.62 Å². The van der Waals surface area contributed by atoms with Crippen LogP contribution in [0.4, 0.5) is 5.69 Å². The van der Waals surface area contributed by atoms with Gasteiger partial charge in [0.15, 0.2) is 0 Å². The summed E-state index contributed by atoms with van der Waals surface area (Å²) in [5.74, 6) is 0.839. The van der Waals surface area contributed by atoms with Gasteiger partial charge in [-0.15, -0.1) is 0 Å². The number of halogens is 2. The van der Waals surface area contributed by atoms with Crippen molar-refractivity contribution in [1.29, 1.82) is 0 Å². The van der Waals surface area contributed by atoms with E-state index in [0.717, 1.165) is 48.3 Å². The number of anilines is 1. The highest BCUT2D eigenvalue weighted by atomic mass is 35.5. The molecule has 42 heavy (non-hydrogen) atoms. The summed E-state index contributed by atoms with van der Waals surface area (Å²) in [7, 11) is 0.517. The van der Waals surface area contributed by atoms with Crippen molar-refractivity contribution < 1.29 is 9.00 Å². The number of imidazole rings is 1. The summed E-state index contributed by atoms with van der Waals surface area (Å²) in [6.45, 7) is 4.36. The number of fused-ring (bicyclic) bond motifs is 1. The number of hydrogen-bond acceptors (Lipinski definition) is 3. The molecule has 1 fully saturated rings. The Bertz CT molecular complexity index is 1590. The maximum Gasteiger partial charge on any atom is 0.231 e. The van der Waals surface area contributed by atoms with Crippen LogP contribution in [0.1, 0.15) is 67.6 Å². The molecule has 4 aromatic rings. The van der Waals surface area contributed by atoms with E-state index >= 15 is 0 Å². The molecular weight excluding hydrogens is 587 g/mol. The predicted molar refractivity (Wildman–Crippen MR) is 171 cm³/mol. The number of aromatic nitrogens is 2. The fraction of sp³-hybridized carbons (Fsp3) is 0.333. The number of rotatable bonds is 8. The third kappa shape index (κ3) is 6.65. The number of hydrogen-bond donors (Lipinski definition) is 1. The average Bonchev–Trinajstić information content (AvgIpc) is 3.70. The zero-order valence-electron chi connectivity index (χ0n) is 24.1. The van der Waals surface area contributed by atoms with Crippen molar-refractivity contribution in [3.8, 4) is 0 Å². The highest BCUT2D eigenvalue weighted by Gasteiger charge is 2.47. The van der Waals surface area contributed by atoms with Gasteiger partial charge in [0, 0.05) is 47.1 Å². The van der Waals surface area contributed by atoms with Crippen LogP contribution in [0.5, 0.6) is 0 Å². The molecule has 2 aliphatic rings. The molecule has 1 amide bonds. The van der Waals surface area contributed by atoms with E-state index in [1.165, 1.54) is 5.56 Å². The Morgan fingerprint density at radius 3 is 2.62 bits per heavy atom. The molecule has 0 spiro atoms. The minimum Gasteiger partial charge on any atom is -0.337 e. The molecule has 2 aliphatic carbocycles. The second-order valence-electron chi connectivity index (χ2n) is 10.5. The van der Waals surface area contributed by atoms with Crippen molar-refractivity contribution in [3.63, 3.8) is 0 Å². The summed E-state index contributed by atoms with van der Waals surface area (Å²) in [6.07, 6.45) is 7.20. The third-order valence-electron chi connectivity index (χ3n) is 7.91. The molecule has 1 heterocycles. The van der Waals surface area contributed by atoms with Gasteiger partial charge in [-0.2, -0.15) is 0 Å². The lowest BCUT2D eigenvalue weighted by Crippen LogP contribution is -2.34. The summed E-state index contributed by atoms with van der Waals surface area (Å²) in [4.78, 5) is 21.0. The number of carbonyl (C=O) groups excluding carboxylic acids is 1. The van der Waals surface area contributed by atoms with Crippen molar-refractivity contribution in [2.75, 3.05) is 4.90 Å². The van der Waals surface area contributed by atoms with E-state index in [1.54, 1.807) is 24.4 Å². The van der Waals surface area contributed by atoms with Crippen molar-refractivity contribution in [3.05, 3.63) is 112 Å². The van der Waals surface area contributed by atoms with Gasteiger partial charge < -0.3 is 9.47 Å². The molecule has 6 nitrogen and oxygen atoms in total. The Hall–Kier alpha value is -2.97. The summed E-state index contributed by atoms with van der Waals surface area (Å²) in [5, 5.41) is 1.26. The fourth-order valence-corrected chi connectivity index (χ4v) is 7.24. The first kappa shape index (κ1) is 30.5. The lowest BCUT2D eigenvalue weighted by molar-refractivity contribution is -0.120. The number of carbonyl (C=O) groups is 1. The first-order valence-corrected chi connectivity index (χ1v) is 16.4. The van der Waals surface area contributed by atoms with Crippen LogP contribution in [0.25, 0.3) is 0 Å². The van der Waals surface area contributed by atoms with E-state index in [2.05, 4.69) is 21.8 Å². The zero-order chi connectivity index (χ0) is 29.8. The van der Waals surface area contributed by atoms with E-state index in [1.807, 2.05) is 73.0 Å². The molecule has 4 atom stereocenters. The molecule has 2 unspecified atom stereocenters. The quantitative estimate of drug-likeness (QED) is 0.218. The second kappa shape index (κ2) is 13.6. The van der Waals surface area contributed by atoms with E-state index in [0.29, 0.717) is 21.5 Å². The number of amides is 1. The second-order valence-corrected chi connectivity index (χ2v) is 12.6. The van der Waals surface area contributed by atoms with Gasteiger partial charge in [-0.1, -0.05) is 67.4 Å². The lowest BCUT2D eigenvalue weighted by atomic mass is 9.87. The fourth-order valence-electron chi connectivity index (χ4n) is 5.63. The molecule has 3 aromatic carbocycles. The van der Waals surface area contributed by atoms with Crippen molar-refractivity contribution in [2.24, 2.45) is 13.0 Å². The van der Waals surface area contributed by atoms with Crippen LogP contribution >= 0.6 is 23.2 Å². The third-order valence-corrected chi connectivity index (χ3v) is 9.67. The van der Waals surface area contributed by atoms with Crippen LogP contribution in [0, 0.1) is 5.92 Å². The van der Waals surface area contributed by atoms with Crippen LogP contribution in [-0.2, 0) is 35.8 Å². The topological polar surface area (TPSA) is 67.2 Å². The molecule has 1 N–H and O–H groups in total. The summed E-state index contributed by atoms with van der Waals surface area (Å²) in [5.41, 5.74) is 4.13. The standard InChI is InChI=1S/C31H30Cl2N4O2S.C2H6/c1-36-15-14-34-30(36)19-37(31(38)27-18-26(27)24-9-2-3-10-28(24)33)22-13-12-20-6-4-11-29(25(20)17-22)35-40(39)23-8-5-7-21(32)16-23;1-2/h2-3,5,7-10,12-17,26-27,29,35H,4,6,11,18-19H2,1H3;1-2H3/t26-,27+,29?,40?;/m1./s1. The summed E-state index contributed by atoms with van der Waals surface area (Å²) in [6, 6.07) is 21.0. The minimum atomic E-state index is -1.42. The van der Waals surface area contributed by atoms with Crippen LogP contribution in [0.15, 0.2) is 84.0 Å². The van der Waals surface area contributed by atoms with Gasteiger partial charge in [-0.3, -0.25) is 4.79 Å². The van der Waals surface area contributed by atoms with E-state index in [9.17, 15) is 9.00 Å². The Morgan fingerprint density at radius 2 is 1.88 bits per heavy atom. The Labute approximate surface area is 260 Å². The monoisotopic (exact) mass is 622 g/mol. The van der Waals surface area contributed by atoms with Gasteiger partial charge in [0.1, 0.15) is 16.8 Å². The molecule has 0 bridgehead atoms. The molecule has 1 aromatic heterocycles. The molecule has 0 radical (unpaired) electrons. The Kier molecular flexibility index (Phi) is 9.84. The van der Waals surface area contributed by atoms with E-state index in [4.69, 9.17) is 23.2 Å². The first-order chi connectivity index (χ1) is 20.4. The van der Waals surface area contributed by atoms with Gasteiger partial charge in [-0.05, 0) is 84.7 Å². The predicted octanol–water partition coefficient (Wildman–Crippen LogP) is 7.78. The van der Waals surface area contributed by atoms with Gasteiger partial charge in [0.05, 0.1) is 11.4 Å². The SMILES string of the molecule is CC.Cn1ccnc1CN(C(=O)[C@H]1C[C@@H]1c1ccccc1Cl)c1ccc2c(c1)C(NS(=O)c1cccc(Cl)c1)CCC2. The summed E-state index contributed by atoms with van der Waals surface area (Å²) < 4.78 is 18.5. The number of benzene rings is 3. The molecule has 0 saturated heterocycles.